The number of unbranched alkanes of at least 4 members (excludes halogenated alkanes) is 1. The summed E-state index contributed by atoms with van der Waals surface area (Å²) in [5.41, 5.74) is 0. The van der Waals surface area contributed by atoms with Crippen molar-refractivity contribution in [3.8, 4) is 0 Å². The van der Waals surface area contributed by atoms with Gasteiger partial charge in [0.05, 0.1) is 18.8 Å². The van der Waals surface area contributed by atoms with Gasteiger partial charge in [0.1, 0.15) is 0 Å². The number of aliphatic hydroxyl groups is 2. The number of rotatable bonds is 8. The van der Waals surface area contributed by atoms with E-state index in [4.69, 9.17) is 5.11 Å². The van der Waals surface area contributed by atoms with Crippen LogP contribution in [0.3, 0.4) is 0 Å². The highest BCUT2D eigenvalue weighted by molar-refractivity contribution is 8.77. The molecule has 0 aliphatic carbocycles. The zero-order valence-corrected chi connectivity index (χ0v) is 12.4. The van der Waals surface area contributed by atoms with Crippen molar-refractivity contribution in [2.24, 2.45) is 0 Å². The zero-order chi connectivity index (χ0) is 13.4. The summed E-state index contributed by atoms with van der Waals surface area (Å²) < 4.78 is 0. The maximum atomic E-state index is 11.6. The van der Waals surface area contributed by atoms with E-state index < -0.39 is 12.1 Å². The second-order valence-electron chi connectivity index (χ2n) is 4.67. The summed E-state index contributed by atoms with van der Waals surface area (Å²) in [5.74, 6) is 1.17. The molecule has 6 heteroatoms. The van der Waals surface area contributed by atoms with Gasteiger partial charge in [0.2, 0.25) is 5.91 Å². The van der Waals surface area contributed by atoms with Gasteiger partial charge in [0.25, 0.3) is 0 Å². The van der Waals surface area contributed by atoms with Crippen molar-refractivity contribution >= 4 is 27.5 Å². The molecule has 0 saturated carbocycles. The Morgan fingerprint density at radius 1 is 1.50 bits per heavy atom. The van der Waals surface area contributed by atoms with Gasteiger partial charge < -0.3 is 15.5 Å². The van der Waals surface area contributed by atoms with Gasteiger partial charge in [-0.25, -0.2) is 0 Å². The number of nitrogens with one attached hydrogen (secondary N) is 1. The minimum atomic E-state index is -0.717. The first-order valence-electron chi connectivity index (χ1n) is 6.50. The van der Waals surface area contributed by atoms with Gasteiger partial charge in [-0.3, -0.25) is 4.79 Å². The van der Waals surface area contributed by atoms with Crippen LogP contribution in [0.25, 0.3) is 0 Å². The molecule has 4 nitrogen and oxygen atoms in total. The van der Waals surface area contributed by atoms with Crippen molar-refractivity contribution in [3.05, 3.63) is 0 Å². The summed E-state index contributed by atoms with van der Waals surface area (Å²) in [6.45, 7) is 1.34. The van der Waals surface area contributed by atoms with E-state index in [0.717, 1.165) is 18.1 Å². The van der Waals surface area contributed by atoms with Crippen molar-refractivity contribution in [3.63, 3.8) is 0 Å². The number of amides is 1. The van der Waals surface area contributed by atoms with Gasteiger partial charge in [-0.15, -0.1) is 0 Å². The lowest BCUT2D eigenvalue weighted by Crippen LogP contribution is -2.44. The molecule has 18 heavy (non-hydrogen) atoms. The molecule has 1 heterocycles. The monoisotopic (exact) mass is 293 g/mol. The molecule has 0 radical (unpaired) electrons. The fraction of sp³-hybridized carbons (Fsp3) is 0.917. The highest BCUT2D eigenvalue weighted by Crippen LogP contribution is 2.39. The van der Waals surface area contributed by atoms with Crippen LogP contribution >= 0.6 is 21.6 Å². The lowest BCUT2D eigenvalue weighted by molar-refractivity contribution is -0.123. The second-order valence-corrected chi connectivity index (χ2v) is 7.46. The Morgan fingerprint density at radius 3 is 2.83 bits per heavy atom. The minimum Gasteiger partial charge on any atom is -0.394 e. The summed E-state index contributed by atoms with van der Waals surface area (Å²) >= 11 is 0. The predicted molar refractivity (Wildman–Crippen MR) is 77.6 cm³/mol. The van der Waals surface area contributed by atoms with Crippen molar-refractivity contribution in [1.29, 1.82) is 0 Å². The van der Waals surface area contributed by atoms with Gasteiger partial charge in [0.15, 0.2) is 0 Å². The summed E-state index contributed by atoms with van der Waals surface area (Å²) in [7, 11) is 3.91. The molecule has 1 aliphatic rings. The Kier molecular flexibility index (Phi) is 8.13. The van der Waals surface area contributed by atoms with E-state index >= 15 is 0 Å². The van der Waals surface area contributed by atoms with E-state index in [9.17, 15) is 9.90 Å². The van der Waals surface area contributed by atoms with Gasteiger partial charge in [-0.2, -0.15) is 0 Å². The number of aliphatic hydroxyl groups excluding tert-OH is 2. The normalized spacial score (nSPS) is 22.7. The molecule has 1 saturated heterocycles. The fourth-order valence-electron chi connectivity index (χ4n) is 1.82. The lowest BCUT2D eigenvalue weighted by atomic mass is 10.1. The zero-order valence-electron chi connectivity index (χ0n) is 10.8. The van der Waals surface area contributed by atoms with Crippen LogP contribution in [0.15, 0.2) is 0 Å². The van der Waals surface area contributed by atoms with Crippen LogP contribution in [-0.4, -0.2) is 45.9 Å². The molecule has 1 rings (SSSR count). The molecule has 0 bridgehead atoms. The molecule has 1 aliphatic heterocycles. The van der Waals surface area contributed by atoms with E-state index in [-0.39, 0.29) is 12.5 Å². The predicted octanol–water partition coefficient (Wildman–Crippen LogP) is 1.56. The van der Waals surface area contributed by atoms with Crippen molar-refractivity contribution in [2.45, 2.75) is 56.4 Å². The molecular weight excluding hydrogens is 270 g/mol. The maximum absolute atomic E-state index is 11.6. The number of hydrogen-bond donors (Lipinski definition) is 3. The average Bonchev–Trinajstić information content (AvgIpc) is 2.84. The summed E-state index contributed by atoms with van der Waals surface area (Å²) in [4.78, 5) is 11.6. The first-order chi connectivity index (χ1) is 8.63. The van der Waals surface area contributed by atoms with Crippen LogP contribution in [-0.2, 0) is 4.79 Å². The molecule has 0 spiro atoms. The number of carbonyl (C=O) groups is 1. The third-order valence-electron chi connectivity index (χ3n) is 3.03. The largest absolute Gasteiger partial charge is 0.394 e. The topological polar surface area (TPSA) is 69.6 Å². The first-order valence-corrected chi connectivity index (χ1v) is 8.88. The molecule has 3 atom stereocenters. The molecule has 106 valence electrons. The van der Waals surface area contributed by atoms with E-state index in [2.05, 4.69) is 5.32 Å². The summed E-state index contributed by atoms with van der Waals surface area (Å²) in [6.07, 6.45) is 4.19. The van der Waals surface area contributed by atoms with Crippen LogP contribution in [0.1, 0.15) is 39.0 Å². The second kappa shape index (κ2) is 9.07. The molecule has 0 unspecified atom stereocenters. The molecular formula is C12H23NO3S2. The standard InChI is InChI=1S/C12H23NO3S2/c1-9(15)11(8-14)13-12(16)5-3-2-4-10-6-7-17-18-10/h9-11,14-15H,2-8H2,1H3,(H,13,16)/t9-,10-,11-/m1/s1. The molecule has 3 N–H and O–H groups in total. The van der Waals surface area contributed by atoms with Gasteiger partial charge >= 0.3 is 0 Å². The first kappa shape index (κ1) is 16.1. The smallest absolute Gasteiger partial charge is 0.220 e. The Hall–Kier alpha value is 0.0900. The van der Waals surface area contributed by atoms with Gasteiger partial charge in [-0.1, -0.05) is 28.0 Å². The quantitative estimate of drug-likeness (QED) is 0.468. The van der Waals surface area contributed by atoms with E-state index in [1.165, 1.54) is 18.6 Å². The van der Waals surface area contributed by atoms with Crippen LogP contribution < -0.4 is 5.32 Å². The highest BCUT2D eigenvalue weighted by Gasteiger charge is 2.17. The Labute approximate surface area is 117 Å². The van der Waals surface area contributed by atoms with Gasteiger partial charge in [0, 0.05) is 17.4 Å². The van der Waals surface area contributed by atoms with Crippen molar-refractivity contribution in [2.75, 3.05) is 12.4 Å². The van der Waals surface area contributed by atoms with Crippen molar-refractivity contribution < 1.29 is 15.0 Å². The molecule has 1 amide bonds. The summed E-state index contributed by atoms with van der Waals surface area (Å²) in [6, 6.07) is -0.542. The van der Waals surface area contributed by atoms with Gasteiger partial charge in [-0.05, 0) is 26.2 Å². The molecule has 0 aromatic heterocycles. The van der Waals surface area contributed by atoms with Crippen molar-refractivity contribution in [1.82, 2.24) is 5.32 Å². The van der Waals surface area contributed by atoms with E-state index in [1.54, 1.807) is 6.92 Å². The Morgan fingerprint density at radius 2 is 2.28 bits per heavy atom. The maximum Gasteiger partial charge on any atom is 0.220 e. The van der Waals surface area contributed by atoms with Crippen LogP contribution in [0.5, 0.6) is 0 Å². The molecule has 1 fully saturated rings. The Bertz CT molecular complexity index is 245. The molecule has 0 aromatic carbocycles. The number of hydrogen-bond acceptors (Lipinski definition) is 5. The third-order valence-corrected chi connectivity index (χ3v) is 6.04. The molecule has 0 aromatic rings. The summed E-state index contributed by atoms with van der Waals surface area (Å²) in [5, 5.41) is 21.7. The van der Waals surface area contributed by atoms with E-state index in [0.29, 0.717) is 6.42 Å². The number of carbonyl (C=O) groups excluding carboxylic acids is 1. The minimum absolute atomic E-state index is 0.0802. The van der Waals surface area contributed by atoms with E-state index in [1.807, 2.05) is 21.6 Å². The highest BCUT2D eigenvalue weighted by atomic mass is 33.1. The average molecular weight is 293 g/mol. The third kappa shape index (κ3) is 6.31. The van der Waals surface area contributed by atoms with Crippen LogP contribution in [0.4, 0.5) is 0 Å². The van der Waals surface area contributed by atoms with Crippen LogP contribution in [0, 0.1) is 0 Å². The Balaban J connectivity index is 2.05. The SMILES string of the molecule is C[C@@H](O)[C@@H](CO)NC(=O)CCCC[C@@H]1CCSS1. The fourth-order valence-corrected chi connectivity index (χ4v) is 4.85. The lowest BCUT2D eigenvalue weighted by Gasteiger charge is -2.18. The van der Waals surface area contributed by atoms with Crippen LogP contribution in [0.2, 0.25) is 0 Å².